The molecular formula is C16H20N2O2. The highest BCUT2D eigenvalue weighted by Crippen LogP contribution is 2.18. The first-order valence-electron chi connectivity index (χ1n) is 6.81. The van der Waals surface area contributed by atoms with E-state index in [1.165, 1.54) is 0 Å². The lowest BCUT2D eigenvalue weighted by atomic mass is 10.1. The van der Waals surface area contributed by atoms with Gasteiger partial charge in [0.05, 0.1) is 16.8 Å². The summed E-state index contributed by atoms with van der Waals surface area (Å²) in [5.74, 6) is -0.139. The predicted molar refractivity (Wildman–Crippen MR) is 79.8 cm³/mol. The van der Waals surface area contributed by atoms with Crippen molar-refractivity contribution in [1.29, 1.82) is 0 Å². The van der Waals surface area contributed by atoms with Crippen molar-refractivity contribution in [3.8, 4) is 0 Å². The third-order valence-corrected chi connectivity index (χ3v) is 3.35. The molecule has 1 amide bonds. The fraction of sp³-hybridized carbons (Fsp3) is 0.375. The van der Waals surface area contributed by atoms with Crippen LogP contribution in [0.1, 0.15) is 35.0 Å². The smallest absolute Gasteiger partial charge is 0.253 e. The molecule has 0 bridgehead atoms. The summed E-state index contributed by atoms with van der Waals surface area (Å²) in [4.78, 5) is 16.7. The van der Waals surface area contributed by atoms with Gasteiger partial charge in [0, 0.05) is 18.0 Å². The van der Waals surface area contributed by atoms with Crippen molar-refractivity contribution in [2.75, 3.05) is 6.61 Å². The normalized spacial score (nSPS) is 12.4. The van der Waals surface area contributed by atoms with Gasteiger partial charge in [-0.2, -0.15) is 0 Å². The molecule has 4 nitrogen and oxygen atoms in total. The van der Waals surface area contributed by atoms with Crippen LogP contribution in [0.4, 0.5) is 0 Å². The first-order valence-corrected chi connectivity index (χ1v) is 6.81. The maximum atomic E-state index is 12.2. The van der Waals surface area contributed by atoms with Crippen LogP contribution in [-0.2, 0) is 0 Å². The van der Waals surface area contributed by atoms with Gasteiger partial charge in [-0.3, -0.25) is 9.78 Å². The number of nitrogens with one attached hydrogen (secondary N) is 1. The van der Waals surface area contributed by atoms with Crippen molar-refractivity contribution in [2.24, 2.45) is 0 Å². The number of benzene rings is 1. The van der Waals surface area contributed by atoms with Crippen LogP contribution in [0.2, 0.25) is 0 Å². The second kappa shape index (κ2) is 6.01. The van der Waals surface area contributed by atoms with E-state index in [2.05, 4.69) is 10.3 Å². The standard InChI is InChI=1S/C16H20N2O2/c1-10-4-5-15-13(8-10)9-14(12(3)18-15)16(20)17-11(2)6-7-19/h4-5,8-9,11,19H,6-7H2,1-3H3,(H,17,20)/t11-/m1/s1. The number of pyridine rings is 1. The van der Waals surface area contributed by atoms with E-state index in [1.54, 1.807) is 0 Å². The summed E-state index contributed by atoms with van der Waals surface area (Å²) in [6.07, 6.45) is 0.547. The Kier molecular flexibility index (Phi) is 4.35. The van der Waals surface area contributed by atoms with Crippen LogP contribution in [0, 0.1) is 13.8 Å². The Morgan fingerprint density at radius 3 is 2.80 bits per heavy atom. The van der Waals surface area contributed by atoms with Crippen molar-refractivity contribution in [3.05, 3.63) is 41.1 Å². The van der Waals surface area contributed by atoms with Gasteiger partial charge in [0.2, 0.25) is 0 Å². The quantitative estimate of drug-likeness (QED) is 0.898. The molecule has 1 aromatic carbocycles. The van der Waals surface area contributed by atoms with Gasteiger partial charge in [-0.25, -0.2) is 0 Å². The Labute approximate surface area is 118 Å². The topological polar surface area (TPSA) is 62.2 Å². The molecule has 4 heteroatoms. The molecule has 2 aromatic rings. The van der Waals surface area contributed by atoms with Crippen molar-refractivity contribution in [3.63, 3.8) is 0 Å². The molecule has 20 heavy (non-hydrogen) atoms. The zero-order valence-corrected chi connectivity index (χ0v) is 12.1. The number of amides is 1. The minimum absolute atomic E-state index is 0.0555. The van der Waals surface area contributed by atoms with E-state index in [0.717, 1.165) is 22.2 Å². The molecule has 2 N–H and O–H groups in total. The summed E-state index contributed by atoms with van der Waals surface area (Å²) in [5.41, 5.74) is 3.35. The van der Waals surface area contributed by atoms with Crippen molar-refractivity contribution in [1.82, 2.24) is 10.3 Å². The number of carbonyl (C=O) groups excluding carboxylic acids is 1. The fourth-order valence-corrected chi connectivity index (χ4v) is 2.19. The van der Waals surface area contributed by atoms with Crippen LogP contribution in [0.25, 0.3) is 10.9 Å². The third kappa shape index (κ3) is 3.14. The van der Waals surface area contributed by atoms with Crippen LogP contribution < -0.4 is 5.32 Å². The molecule has 0 fully saturated rings. The molecule has 0 aliphatic heterocycles. The number of carbonyl (C=O) groups is 1. The molecular weight excluding hydrogens is 252 g/mol. The molecule has 0 spiro atoms. The minimum atomic E-state index is -0.139. The summed E-state index contributed by atoms with van der Waals surface area (Å²) in [7, 11) is 0. The number of hydrogen-bond donors (Lipinski definition) is 2. The van der Waals surface area contributed by atoms with Gasteiger partial charge in [0.1, 0.15) is 0 Å². The maximum Gasteiger partial charge on any atom is 0.253 e. The van der Waals surface area contributed by atoms with E-state index in [1.807, 2.05) is 45.0 Å². The lowest BCUT2D eigenvalue weighted by Crippen LogP contribution is -2.33. The second-order valence-corrected chi connectivity index (χ2v) is 5.20. The van der Waals surface area contributed by atoms with E-state index in [0.29, 0.717) is 12.0 Å². The van der Waals surface area contributed by atoms with E-state index >= 15 is 0 Å². The summed E-state index contributed by atoms with van der Waals surface area (Å²) >= 11 is 0. The fourth-order valence-electron chi connectivity index (χ4n) is 2.19. The Bertz CT molecular complexity index is 638. The van der Waals surface area contributed by atoms with Gasteiger partial charge in [0.15, 0.2) is 0 Å². The van der Waals surface area contributed by atoms with Gasteiger partial charge in [-0.05, 0) is 45.4 Å². The van der Waals surface area contributed by atoms with Crippen LogP contribution in [-0.4, -0.2) is 28.6 Å². The zero-order valence-electron chi connectivity index (χ0n) is 12.1. The zero-order chi connectivity index (χ0) is 14.7. The Hall–Kier alpha value is -1.94. The number of aliphatic hydroxyl groups excluding tert-OH is 1. The monoisotopic (exact) mass is 272 g/mol. The highest BCUT2D eigenvalue weighted by Gasteiger charge is 2.13. The minimum Gasteiger partial charge on any atom is -0.396 e. The number of hydrogen-bond acceptors (Lipinski definition) is 3. The van der Waals surface area contributed by atoms with E-state index in [9.17, 15) is 4.79 Å². The highest BCUT2D eigenvalue weighted by atomic mass is 16.3. The molecule has 0 saturated carbocycles. The summed E-state index contributed by atoms with van der Waals surface area (Å²) in [6.45, 7) is 5.80. The maximum absolute atomic E-state index is 12.2. The summed E-state index contributed by atoms with van der Waals surface area (Å²) < 4.78 is 0. The van der Waals surface area contributed by atoms with Gasteiger partial charge in [-0.1, -0.05) is 11.6 Å². The number of rotatable bonds is 4. The van der Waals surface area contributed by atoms with Crippen LogP contribution in [0.5, 0.6) is 0 Å². The Morgan fingerprint density at radius 1 is 1.35 bits per heavy atom. The lowest BCUT2D eigenvalue weighted by molar-refractivity contribution is 0.0933. The number of aryl methyl sites for hydroxylation is 2. The van der Waals surface area contributed by atoms with Gasteiger partial charge in [0.25, 0.3) is 5.91 Å². The van der Waals surface area contributed by atoms with E-state index < -0.39 is 0 Å². The molecule has 0 aliphatic carbocycles. The first kappa shape index (κ1) is 14.5. The van der Waals surface area contributed by atoms with E-state index in [-0.39, 0.29) is 18.6 Å². The van der Waals surface area contributed by atoms with Gasteiger partial charge < -0.3 is 10.4 Å². The SMILES string of the molecule is Cc1ccc2nc(C)c(C(=O)N[C@H](C)CCO)cc2c1. The number of fused-ring (bicyclic) bond motifs is 1. The average Bonchev–Trinajstić information content (AvgIpc) is 2.38. The van der Waals surface area contributed by atoms with Gasteiger partial charge in [-0.15, -0.1) is 0 Å². The third-order valence-electron chi connectivity index (χ3n) is 3.35. The largest absolute Gasteiger partial charge is 0.396 e. The lowest BCUT2D eigenvalue weighted by Gasteiger charge is -2.14. The van der Waals surface area contributed by atoms with Crippen LogP contribution in [0.3, 0.4) is 0 Å². The molecule has 0 saturated heterocycles. The van der Waals surface area contributed by atoms with Crippen LogP contribution >= 0.6 is 0 Å². The molecule has 1 heterocycles. The van der Waals surface area contributed by atoms with Gasteiger partial charge >= 0.3 is 0 Å². The summed E-state index contributed by atoms with van der Waals surface area (Å²) in [5, 5.41) is 12.7. The predicted octanol–water partition coefficient (Wildman–Crippen LogP) is 2.35. The Balaban J connectivity index is 2.33. The first-order chi connectivity index (χ1) is 9.51. The average molecular weight is 272 g/mol. The van der Waals surface area contributed by atoms with Crippen LogP contribution in [0.15, 0.2) is 24.3 Å². The molecule has 0 radical (unpaired) electrons. The van der Waals surface area contributed by atoms with E-state index in [4.69, 9.17) is 5.11 Å². The number of aromatic nitrogens is 1. The molecule has 0 aliphatic rings. The molecule has 2 rings (SSSR count). The van der Waals surface area contributed by atoms with Crippen molar-refractivity contribution in [2.45, 2.75) is 33.2 Å². The van der Waals surface area contributed by atoms with Crippen molar-refractivity contribution >= 4 is 16.8 Å². The summed E-state index contributed by atoms with van der Waals surface area (Å²) in [6, 6.07) is 7.83. The molecule has 106 valence electrons. The molecule has 1 atom stereocenters. The highest BCUT2D eigenvalue weighted by molar-refractivity contribution is 5.98. The second-order valence-electron chi connectivity index (χ2n) is 5.20. The number of nitrogens with zero attached hydrogens (tertiary/aromatic N) is 1. The Morgan fingerprint density at radius 2 is 2.10 bits per heavy atom. The molecule has 1 aromatic heterocycles. The number of aliphatic hydroxyl groups is 1. The molecule has 0 unspecified atom stereocenters. The van der Waals surface area contributed by atoms with Crippen molar-refractivity contribution < 1.29 is 9.90 Å².